The van der Waals surface area contributed by atoms with Crippen LogP contribution in [0, 0.1) is 0 Å². The number of amides is 2. The molecule has 0 saturated heterocycles. The maximum absolute atomic E-state index is 13.1. The standard InChI is InChI=1S/C20H21Cl2N3O2/c1-13-9-19(26)23-17-5-3-4-6-18(17)25(13)20(27)12-24(2)11-14-7-8-15(21)16(22)10-14/h3-8,10,13H,9,11-12H2,1-2H3,(H,23,26)/t13-/m0/s1. The number of benzene rings is 2. The number of carbonyl (C=O) groups is 2. The van der Waals surface area contributed by atoms with Gasteiger partial charge in [0.05, 0.1) is 28.0 Å². The molecule has 1 atom stereocenters. The molecular formula is C20H21Cl2N3O2. The van der Waals surface area contributed by atoms with Crippen molar-refractivity contribution in [2.24, 2.45) is 0 Å². The van der Waals surface area contributed by atoms with Crippen molar-refractivity contribution in [3.63, 3.8) is 0 Å². The highest BCUT2D eigenvalue weighted by atomic mass is 35.5. The highest BCUT2D eigenvalue weighted by molar-refractivity contribution is 6.42. The van der Waals surface area contributed by atoms with Crippen molar-refractivity contribution < 1.29 is 9.59 Å². The number of halogens is 2. The van der Waals surface area contributed by atoms with Gasteiger partial charge in [-0.15, -0.1) is 0 Å². The van der Waals surface area contributed by atoms with E-state index in [0.29, 0.717) is 22.3 Å². The first-order chi connectivity index (χ1) is 12.8. The third kappa shape index (κ3) is 4.61. The number of rotatable bonds is 4. The van der Waals surface area contributed by atoms with E-state index in [1.807, 2.05) is 49.2 Å². The molecule has 0 saturated carbocycles. The van der Waals surface area contributed by atoms with Gasteiger partial charge < -0.3 is 10.2 Å². The van der Waals surface area contributed by atoms with Crippen LogP contribution in [-0.4, -0.2) is 36.3 Å². The largest absolute Gasteiger partial charge is 0.324 e. The lowest BCUT2D eigenvalue weighted by Crippen LogP contribution is -2.44. The zero-order valence-corrected chi connectivity index (χ0v) is 16.7. The topological polar surface area (TPSA) is 52.7 Å². The molecule has 1 aliphatic heterocycles. The van der Waals surface area contributed by atoms with E-state index in [1.54, 1.807) is 17.0 Å². The van der Waals surface area contributed by atoms with E-state index in [1.165, 1.54) is 0 Å². The first-order valence-corrected chi connectivity index (χ1v) is 9.44. The summed E-state index contributed by atoms with van der Waals surface area (Å²) < 4.78 is 0. The number of nitrogens with zero attached hydrogens (tertiary/aromatic N) is 2. The Morgan fingerprint density at radius 1 is 1.22 bits per heavy atom. The Bertz CT molecular complexity index is 872. The molecule has 1 N–H and O–H groups in total. The Balaban J connectivity index is 1.76. The molecule has 1 aliphatic rings. The number of likely N-dealkylation sites (N-methyl/N-ethyl adjacent to an activating group) is 1. The third-order valence-corrected chi connectivity index (χ3v) is 5.21. The summed E-state index contributed by atoms with van der Waals surface area (Å²) in [6.07, 6.45) is 0.261. The molecule has 5 nitrogen and oxygen atoms in total. The summed E-state index contributed by atoms with van der Waals surface area (Å²) in [4.78, 5) is 28.7. The van der Waals surface area contributed by atoms with Crippen molar-refractivity contribution in [1.29, 1.82) is 0 Å². The molecule has 0 unspecified atom stereocenters. The van der Waals surface area contributed by atoms with Gasteiger partial charge in [0.15, 0.2) is 0 Å². The highest BCUT2D eigenvalue weighted by Gasteiger charge is 2.29. The second-order valence-electron chi connectivity index (χ2n) is 6.80. The smallest absolute Gasteiger partial charge is 0.241 e. The van der Waals surface area contributed by atoms with Crippen LogP contribution in [0.1, 0.15) is 18.9 Å². The van der Waals surface area contributed by atoms with Crippen LogP contribution >= 0.6 is 23.2 Å². The lowest BCUT2D eigenvalue weighted by atomic mass is 10.1. The summed E-state index contributed by atoms with van der Waals surface area (Å²) >= 11 is 12.0. The number of nitrogens with one attached hydrogen (secondary N) is 1. The quantitative estimate of drug-likeness (QED) is 0.829. The van der Waals surface area contributed by atoms with Crippen LogP contribution in [0.3, 0.4) is 0 Å². The Hall–Kier alpha value is -2.08. The fraction of sp³-hybridized carbons (Fsp3) is 0.300. The first kappa shape index (κ1) is 19.7. The van der Waals surface area contributed by atoms with E-state index >= 15 is 0 Å². The van der Waals surface area contributed by atoms with Crippen molar-refractivity contribution in [1.82, 2.24) is 4.90 Å². The Kier molecular flexibility index (Phi) is 6.05. The number of hydrogen-bond donors (Lipinski definition) is 1. The summed E-state index contributed by atoms with van der Waals surface area (Å²) in [5.41, 5.74) is 2.36. The molecule has 0 radical (unpaired) electrons. The second-order valence-corrected chi connectivity index (χ2v) is 7.62. The predicted octanol–water partition coefficient (Wildman–Crippen LogP) is 4.19. The van der Waals surface area contributed by atoms with Gasteiger partial charge in [-0.25, -0.2) is 0 Å². The molecule has 0 aliphatic carbocycles. The average molecular weight is 406 g/mol. The molecule has 2 aromatic rings. The maximum atomic E-state index is 13.1. The van der Waals surface area contributed by atoms with Crippen LogP contribution in [0.2, 0.25) is 10.0 Å². The van der Waals surface area contributed by atoms with E-state index < -0.39 is 0 Å². The molecule has 27 heavy (non-hydrogen) atoms. The summed E-state index contributed by atoms with van der Waals surface area (Å²) in [7, 11) is 1.87. The monoisotopic (exact) mass is 405 g/mol. The SMILES string of the molecule is C[C@H]1CC(=O)Nc2ccccc2N1C(=O)CN(C)Cc1ccc(Cl)c(Cl)c1. The minimum absolute atomic E-state index is 0.0611. The second kappa shape index (κ2) is 8.30. The minimum Gasteiger partial charge on any atom is -0.324 e. The fourth-order valence-electron chi connectivity index (χ4n) is 3.28. The summed E-state index contributed by atoms with van der Waals surface area (Å²) in [5, 5.41) is 3.87. The fourth-order valence-corrected chi connectivity index (χ4v) is 3.60. The summed E-state index contributed by atoms with van der Waals surface area (Å²) in [5.74, 6) is -0.150. The molecule has 1 heterocycles. The third-order valence-electron chi connectivity index (χ3n) is 4.47. The summed E-state index contributed by atoms with van der Waals surface area (Å²) in [6.45, 7) is 2.66. The number of carbonyl (C=O) groups excluding carboxylic acids is 2. The van der Waals surface area contributed by atoms with Crippen LogP contribution in [-0.2, 0) is 16.1 Å². The number of fused-ring (bicyclic) bond motifs is 1. The van der Waals surface area contributed by atoms with Gasteiger partial charge in [0, 0.05) is 19.0 Å². The van der Waals surface area contributed by atoms with Crippen LogP contribution < -0.4 is 10.2 Å². The Labute approximate surface area is 168 Å². The van der Waals surface area contributed by atoms with Gasteiger partial charge in [0.2, 0.25) is 11.8 Å². The first-order valence-electron chi connectivity index (χ1n) is 8.68. The van der Waals surface area contributed by atoms with Crippen LogP contribution in [0.4, 0.5) is 11.4 Å². The van der Waals surface area contributed by atoms with Gasteiger partial charge in [0.1, 0.15) is 0 Å². The van der Waals surface area contributed by atoms with Crippen molar-refractivity contribution in [3.8, 4) is 0 Å². The van der Waals surface area contributed by atoms with Crippen molar-refractivity contribution in [2.75, 3.05) is 23.8 Å². The van der Waals surface area contributed by atoms with Crippen LogP contribution in [0.15, 0.2) is 42.5 Å². The van der Waals surface area contributed by atoms with Gasteiger partial charge in [0.25, 0.3) is 0 Å². The zero-order valence-electron chi connectivity index (χ0n) is 15.2. The van der Waals surface area contributed by atoms with E-state index in [4.69, 9.17) is 23.2 Å². The lowest BCUT2D eigenvalue weighted by Gasteiger charge is -2.29. The molecule has 2 amide bonds. The van der Waals surface area contributed by atoms with Gasteiger partial charge in [-0.2, -0.15) is 0 Å². The highest BCUT2D eigenvalue weighted by Crippen LogP contribution is 2.31. The average Bonchev–Trinajstić information content (AvgIpc) is 2.72. The van der Waals surface area contributed by atoms with Crippen LogP contribution in [0.25, 0.3) is 0 Å². The molecule has 7 heteroatoms. The van der Waals surface area contributed by atoms with Crippen molar-refractivity contribution in [3.05, 3.63) is 58.1 Å². The Morgan fingerprint density at radius 2 is 1.96 bits per heavy atom. The number of hydrogen-bond acceptors (Lipinski definition) is 3. The zero-order chi connectivity index (χ0) is 19.6. The van der Waals surface area contributed by atoms with Crippen molar-refractivity contribution >= 4 is 46.4 Å². The molecule has 2 aromatic carbocycles. The lowest BCUT2D eigenvalue weighted by molar-refractivity contribution is -0.120. The normalized spacial score (nSPS) is 16.7. The number of anilines is 2. The maximum Gasteiger partial charge on any atom is 0.241 e. The molecule has 0 bridgehead atoms. The minimum atomic E-state index is -0.223. The van der Waals surface area contributed by atoms with Gasteiger partial charge >= 0.3 is 0 Å². The van der Waals surface area contributed by atoms with Crippen LogP contribution in [0.5, 0.6) is 0 Å². The van der Waals surface area contributed by atoms with Gasteiger partial charge in [-0.1, -0.05) is 41.4 Å². The van der Waals surface area contributed by atoms with Crippen molar-refractivity contribution in [2.45, 2.75) is 25.9 Å². The molecule has 142 valence electrons. The van der Waals surface area contributed by atoms with Gasteiger partial charge in [-0.3, -0.25) is 14.5 Å². The summed E-state index contributed by atoms with van der Waals surface area (Å²) in [6, 6.07) is 12.6. The van der Waals surface area contributed by atoms with Gasteiger partial charge in [-0.05, 0) is 43.8 Å². The van der Waals surface area contributed by atoms with E-state index in [9.17, 15) is 9.59 Å². The van der Waals surface area contributed by atoms with E-state index in [2.05, 4.69) is 5.32 Å². The number of para-hydroxylation sites is 2. The Morgan fingerprint density at radius 3 is 2.70 bits per heavy atom. The molecular weight excluding hydrogens is 385 g/mol. The molecule has 0 aromatic heterocycles. The molecule has 3 rings (SSSR count). The van der Waals surface area contributed by atoms with E-state index in [-0.39, 0.29) is 30.8 Å². The van der Waals surface area contributed by atoms with E-state index in [0.717, 1.165) is 11.3 Å². The molecule has 0 spiro atoms. The predicted molar refractivity (Wildman–Crippen MR) is 109 cm³/mol. The molecule has 0 fully saturated rings.